The van der Waals surface area contributed by atoms with Crippen LogP contribution in [0.2, 0.25) is 0 Å². The number of esters is 1. The van der Waals surface area contributed by atoms with Gasteiger partial charge in [0.15, 0.2) is 0 Å². The normalized spacial score (nSPS) is 11.0. The van der Waals surface area contributed by atoms with E-state index in [0.717, 1.165) is 21.6 Å². The van der Waals surface area contributed by atoms with Crippen LogP contribution in [0.5, 0.6) is 0 Å². The van der Waals surface area contributed by atoms with Gasteiger partial charge in [0.2, 0.25) is 6.79 Å². The number of pyridine rings is 1. The molecule has 4 aromatic rings. The summed E-state index contributed by atoms with van der Waals surface area (Å²) >= 11 is 0. The van der Waals surface area contributed by atoms with E-state index in [9.17, 15) is 14.2 Å². The topological polar surface area (TPSA) is 126 Å². The molecule has 0 fully saturated rings. The minimum absolute atomic E-state index is 0.0318. The summed E-state index contributed by atoms with van der Waals surface area (Å²) in [7, 11) is -2.50. The molecule has 11 nitrogen and oxygen atoms in total. The zero-order valence-electron chi connectivity index (χ0n) is 24.2. The maximum absolute atomic E-state index is 13.5. The van der Waals surface area contributed by atoms with E-state index in [0.29, 0.717) is 11.4 Å². The van der Waals surface area contributed by atoms with Gasteiger partial charge < -0.3 is 14.8 Å². The lowest BCUT2D eigenvalue weighted by Crippen LogP contribution is -2.37. The molecule has 12 heteroatoms. The highest BCUT2D eigenvalue weighted by Gasteiger charge is 2.29. The molecule has 1 amide bonds. The number of phosphoric acid groups is 1. The van der Waals surface area contributed by atoms with E-state index in [1.54, 1.807) is 49.6 Å². The molecule has 0 saturated heterocycles. The van der Waals surface area contributed by atoms with Crippen LogP contribution in [-0.4, -0.2) is 42.3 Å². The number of carbonyl (C=O) groups excluding carboxylic acids is 2. The largest absolute Gasteiger partial charge is 0.478 e. The van der Waals surface area contributed by atoms with E-state index in [1.807, 2.05) is 66.7 Å². The van der Waals surface area contributed by atoms with Crippen molar-refractivity contribution in [2.45, 2.75) is 26.4 Å². The number of rotatable bonds is 16. The average Bonchev–Trinajstić information content (AvgIpc) is 3.07. The number of aromatic nitrogens is 1. The molecule has 0 radical (unpaired) electrons. The molecule has 4 rings (SSSR count). The third-order valence-corrected chi connectivity index (χ3v) is 7.48. The number of nitrogens with one attached hydrogen (secondary N) is 1. The summed E-state index contributed by atoms with van der Waals surface area (Å²) in [5.41, 5.74) is 2.92. The second-order valence-electron chi connectivity index (χ2n) is 9.39. The van der Waals surface area contributed by atoms with Crippen LogP contribution in [0.4, 0.5) is 10.6 Å². The van der Waals surface area contributed by atoms with Crippen molar-refractivity contribution in [1.29, 1.82) is 0 Å². The Bertz CT molecular complexity index is 1460. The Morgan fingerprint density at radius 1 is 0.727 bits per heavy atom. The molecule has 0 bridgehead atoms. The third kappa shape index (κ3) is 10.6. The van der Waals surface area contributed by atoms with Crippen molar-refractivity contribution in [3.8, 4) is 0 Å². The van der Waals surface area contributed by atoms with Gasteiger partial charge in [-0.3, -0.25) is 18.7 Å². The molecule has 0 aliphatic rings. The molecular weight excluding hydrogens is 585 g/mol. The monoisotopic (exact) mass is 619 g/mol. The SMILES string of the molecule is CNc1ncccc1CN(CC(=O)OCc1ccccc1)C(=O)OCOP(=O)(OCc1ccccc1)OCc1ccccc1. The molecular formula is C32H34N3O8P. The van der Waals surface area contributed by atoms with Gasteiger partial charge >= 0.3 is 19.9 Å². The van der Waals surface area contributed by atoms with Crippen molar-refractivity contribution >= 4 is 25.7 Å². The molecule has 0 atom stereocenters. The van der Waals surface area contributed by atoms with Gasteiger partial charge in [0.1, 0.15) is 19.0 Å². The Kier molecular flexibility index (Phi) is 12.5. The molecule has 0 unspecified atom stereocenters. The van der Waals surface area contributed by atoms with Gasteiger partial charge in [-0.1, -0.05) is 97.1 Å². The van der Waals surface area contributed by atoms with Crippen LogP contribution in [0.3, 0.4) is 0 Å². The Morgan fingerprint density at radius 3 is 1.82 bits per heavy atom. The quantitative estimate of drug-likeness (QED) is 0.0865. The van der Waals surface area contributed by atoms with Gasteiger partial charge in [-0.2, -0.15) is 0 Å². The fourth-order valence-electron chi connectivity index (χ4n) is 3.92. The van der Waals surface area contributed by atoms with Crippen LogP contribution in [0, 0.1) is 0 Å². The Hall–Kier alpha value is -4.54. The van der Waals surface area contributed by atoms with Gasteiger partial charge in [0.05, 0.1) is 19.8 Å². The number of ether oxygens (including phenoxy) is 2. The summed E-state index contributed by atoms with van der Waals surface area (Å²) in [5.74, 6) is -0.128. The lowest BCUT2D eigenvalue weighted by Gasteiger charge is -2.23. The van der Waals surface area contributed by atoms with Gasteiger partial charge in [0, 0.05) is 18.8 Å². The zero-order chi connectivity index (χ0) is 31.0. The van der Waals surface area contributed by atoms with Crippen molar-refractivity contribution in [3.63, 3.8) is 0 Å². The van der Waals surface area contributed by atoms with E-state index in [1.165, 1.54) is 0 Å². The molecule has 1 aromatic heterocycles. The number of carbonyl (C=O) groups is 2. The van der Waals surface area contributed by atoms with Gasteiger partial charge in [-0.05, 0) is 22.8 Å². The van der Waals surface area contributed by atoms with Gasteiger partial charge in [-0.25, -0.2) is 18.9 Å². The highest BCUT2D eigenvalue weighted by Crippen LogP contribution is 2.51. The first-order valence-corrected chi connectivity index (χ1v) is 15.2. The third-order valence-electron chi connectivity index (χ3n) is 6.17. The van der Waals surface area contributed by atoms with Crippen molar-refractivity contribution < 1.29 is 37.2 Å². The van der Waals surface area contributed by atoms with Crippen LogP contribution < -0.4 is 5.32 Å². The van der Waals surface area contributed by atoms with Gasteiger partial charge in [-0.15, -0.1) is 0 Å². The lowest BCUT2D eigenvalue weighted by atomic mass is 10.2. The predicted molar refractivity (Wildman–Crippen MR) is 163 cm³/mol. The molecule has 0 aliphatic carbocycles. The first-order chi connectivity index (χ1) is 21.4. The van der Waals surface area contributed by atoms with Crippen molar-refractivity contribution in [2.24, 2.45) is 0 Å². The number of hydrogen-bond donors (Lipinski definition) is 1. The number of hydrogen-bond acceptors (Lipinski definition) is 10. The molecule has 0 aliphatic heterocycles. The smallest absolute Gasteiger partial charge is 0.459 e. The summed E-state index contributed by atoms with van der Waals surface area (Å²) in [6.07, 6.45) is 0.688. The summed E-state index contributed by atoms with van der Waals surface area (Å²) in [4.78, 5) is 31.3. The molecule has 1 heterocycles. The minimum Gasteiger partial charge on any atom is -0.459 e. The molecule has 44 heavy (non-hydrogen) atoms. The van der Waals surface area contributed by atoms with Crippen LogP contribution in [-0.2, 0) is 58.8 Å². The fourth-order valence-corrected chi connectivity index (χ4v) is 4.94. The second kappa shape index (κ2) is 16.9. The van der Waals surface area contributed by atoms with Crippen molar-refractivity contribution in [2.75, 3.05) is 25.7 Å². The van der Waals surface area contributed by atoms with Crippen LogP contribution >= 0.6 is 7.82 Å². The Labute approximate surface area is 256 Å². The molecule has 3 aromatic carbocycles. The van der Waals surface area contributed by atoms with Crippen LogP contribution in [0.15, 0.2) is 109 Å². The minimum atomic E-state index is -4.20. The highest BCUT2D eigenvalue weighted by atomic mass is 31.2. The first-order valence-electron chi connectivity index (χ1n) is 13.8. The number of nitrogens with zero attached hydrogens (tertiary/aromatic N) is 2. The summed E-state index contributed by atoms with van der Waals surface area (Å²) in [6, 6.07) is 30.8. The summed E-state index contributed by atoms with van der Waals surface area (Å²) in [6.45, 7) is -1.30. The lowest BCUT2D eigenvalue weighted by molar-refractivity contribution is -0.146. The number of phosphoric ester groups is 1. The Balaban J connectivity index is 1.41. The molecule has 0 saturated carbocycles. The van der Waals surface area contributed by atoms with E-state index in [2.05, 4.69) is 10.3 Å². The Morgan fingerprint density at radius 2 is 1.27 bits per heavy atom. The predicted octanol–water partition coefficient (Wildman–Crippen LogP) is 6.32. The molecule has 230 valence electrons. The van der Waals surface area contributed by atoms with Gasteiger partial charge in [0.25, 0.3) is 0 Å². The van der Waals surface area contributed by atoms with Crippen molar-refractivity contribution in [1.82, 2.24) is 9.88 Å². The number of amides is 1. The highest BCUT2D eigenvalue weighted by molar-refractivity contribution is 7.48. The van der Waals surface area contributed by atoms with Crippen molar-refractivity contribution in [3.05, 3.63) is 132 Å². The van der Waals surface area contributed by atoms with E-state index >= 15 is 0 Å². The first kappa shape index (κ1) is 32.4. The maximum atomic E-state index is 13.5. The zero-order valence-corrected chi connectivity index (χ0v) is 25.1. The second-order valence-corrected chi connectivity index (χ2v) is 11.1. The van der Waals surface area contributed by atoms with Crippen LogP contribution in [0.1, 0.15) is 22.3 Å². The number of anilines is 1. The van der Waals surface area contributed by atoms with Crippen LogP contribution in [0.25, 0.3) is 0 Å². The standard InChI is InChI=1S/C32H34N3O8P/c1-33-31-29(18-11-19-34-31)20-35(21-30(36)39-22-26-12-5-2-6-13-26)32(37)40-25-43-44(38,41-23-27-14-7-3-8-15-27)42-24-28-16-9-4-10-17-28/h2-19H,20-25H2,1H3,(H,33,34). The summed E-state index contributed by atoms with van der Waals surface area (Å²) in [5, 5.41) is 2.96. The fraction of sp³-hybridized carbons (Fsp3) is 0.219. The average molecular weight is 620 g/mol. The van der Waals surface area contributed by atoms with E-state index < -0.39 is 33.2 Å². The molecule has 1 N–H and O–H groups in total. The summed E-state index contributed by atoms with van der Waals surface area (Å²) < 4.78 is 40.7. The van der Waals surface area contributed by atoms with E-state index in [4.69, 9.17) is 23.0 Å². The number of benzene rings is 3. The maximum Gasteiger partial charge on any atom is 0.478 e. The molecule has 0 spiro atoms. The van der Waals surface area contributed by atoms with E-state index in [-0.39, 0.29) is 26.4 Å².